The highest BCUT2D eigenvalue weighted by molar-refractivity contribution is 6.30. The molecule has 1 aliphatic heterocycles. The van der Waals surface area contributed by atoms with Gasteiger partial charge in [-0.15, -0.1) is 0 Å². The van der Waals surface area contributed by atoms with Crippen molar-refractivity contribution < 1.29 is 9.32 Å². The van der Waals surface area contributed by atoms with Gasteiger partial charge in [0.1, 0.15) is 5.69 Å². The normalized spacial score (nSPS) is 13.6. The lowest BCUT2D eigenvalue weighted by Crippen LogP contribution is -2.37. The molecule has 0 atom stereocenters. The Morgan fingerprint density at radius 1 is 1.23 bits per heavy atom. The van der Waals surface area contributed by atoms with Crippen LogP contribution in [0.15, 0.2) is 40.9 Å². The first-order chi connectivity index (χ1) is 14.5. The highest BCUT2D eigenvalue weighted by Crippen LogP contribution is 2.30. The lowest BCUT2D eigenvalue weighted by atomic mass is 10.0. The molecular weight excluding hydrogens is 400 g/mol. The summed E-state index contributed by atoms with van der Waals surface area (Å²) >= 11 is 6.02. The molecule has 0 fully saturated rings. The molecule has 30 heavy (non-hydrogen) atoms. The fraction of sp³-hybridized carbons (Fsp3) is 0.261. The topological polar surface area (TPSA) is 75.0 Å². The first-order valence-corrected chi connectivity index (χ1v) is 10.3. The SMILES string of the molecule is Cc1cc(C)c2onc(CC(=O)N3CCc4[nH]nc(-c5ccc(Cl)cc5)c4C3)c2c1. The van der Waals surface area contributed by atoms with Crippen LogP contribution in [-0.4, -0.2) is 32.7 Å². The zero-order chi connectivity index (χ0) is 20.8. The number of carbonyl (C=O) groups excluding carboxylic acids is 1. The molecule has 0 saturated heterocycles. The van der Waals surface area contributed by atoms with E-state index in [0.29, 0.717) is 23.8 Å². The van der Waals surface area contributed by atoms with Crippen LogP contribution in [0.5, 0.6) is 0 Å². The molecule has 5 rings (SSSR count). The van der Waals surface area contributed by atoms with Crippen LogP contribution in [0.2, 0.25) is 5.02 Å². The third-order valence-electron chi connectivity index (χ3n) is 5.70. The van der Waals surface area contributed by atoms with Crippen molar-refractivity contribution in [1.82, 2.24) is 20.3 Å². The Kier molecular flexibility index (Phi) is 4.59. The van der Waals surface area contributed by atoms with E-state index in [1.165, 1.54) is 0 Å². The van der Waals surface area contributed by atoms with Crippen molar-refractivity contribution in [2.75, 3.05) is 6.54 Å². The Bertz CT molecular complexity index is 1260. The second-order valence-corrected chi connectivity index (χ2v) is 8.30. The van der Waals surface area contributed by atoms with Gasteiger partial charge in [0.2, 0.25) is 5.91 Å². The lowest BCUT2D eigenvalue weighted by molar-refractivity contribution is -0.131. The zero-order valence-corrected chi connectivity index (χ0v) is 17.6. The molecule has 6 nitrogen and oxygen atoms in total. The Morgan fingerprint density at radius 2 is 2.03 bits per heavy atom. The molecule has 0 saturated carbocycles. The van der Waals surface area contributed by atoms with Gasteiger partial charge in [-0.3, -0.25) is 9.89 Å². The van der Waals surface area contributed by atoms with Gasteiger partial charge in [0.15, 0.2) is 5.58 Å². The number of halogens is 1. The van der Waals surface area contributed by atoms with Crippen molar-refractivity contribution in [3.8, 4) is 11.3 Å². The Hall–Kier alpha value is -3.12. The van der Waals surface area contributed by atoms with Crippen LogP contribution in [0.1, 0.15) is 28.1 Å². The number of amides is 1. The second-order valence-electron chi connectivity index (χ2n) is 7.87. The van der Waals surface area contributed by atoms with Crippen molar-refractivity contribution in [2.24, 2.45) is 0 Å². The van der Waals surface area contributed by atoms with E-state index in [-0.39, 0.29) is 12.3 Å². The number of rotatable bonds is 3. The van der Waals surface area contributed by atoms with Crippen LogP contribution in [0.3, 0.4) is 0 Å². The van der Waals surface area contributed by atoms with Gasteiger partial charge in [0.05, 0.1) is 12.1 Å². The minimum absolute atomic E-state index is 0.0401. The minimum atomic E-state index is 0.0401. The number of aryl methyl sites for hydroxylation is 2. The van der Waals surface area contributed by atoms with E-state index in [0.717, 1.165) is 51.0 Å². The summed E-state index contributed by atoms with van der Waals surface area (Å²) in [6, 6.07) is 11.7. The highest BCUT2D eigenvalue weighted by atomic mass is 35.5. The number of nitrogens with zero attached hydrogens (tertiary/aromatic N) is 3. The minimum Gasteiger partial charge on any atom is -0.356 e. The van der Waals surface area contributed by atoms with Gasteiger partial charge in [-0.25, -0.2) is 0 Å². The summed E-state index contributed by atoms with van der Waals surface area (Å²) in [7, 11) is 0. The van der Waals surface area contributed by atoms with Gasteiger partial charge in [-0.1, -0.05) is 35.0 Å². The van der Waals surface area contributed by atoms with Crippen molar-refractivity contribution in [2.45, 2.75) is 33.2 Å². The number of benzene rings is 2. The van der Waals surface area contributed by atoms with Crippen LogP contribution in [0, 0.1) is 13.8 Å². The Morgan fingerprint density at radius 3 is 2.83 bits per heavy atom. The van der Waals surface area contributed by atoms with E-state index < -0.39 is 0 Å². The highest BCUT2D eigenvalue weighted by Gasteiger charge is 2.27. The first-order valence-electron chi connectivity index (χ1n) is 9.95. The van der Waals surface area contributed by atoms with Crippen LogP contribution in [-0.2, 0) is 24.2 Å². The molecule has 1 N–H and O–H groups in total. The molecule has 1 aliphatic rings. The first kappa shape index (κ1) is 18.9. The third-order valence-corrected chi connectivity index (χ3v) is 5.95. The lowest BCUT2D eigenvalue weighted by Gasteiger charge is -2.27. The number of H-pyrrole nitrogens is 1. The number of hydrogen-bond donors (Lipinski definition) is 1. The van der Waals surface area contributed by atoms with E-state index in [4.69, 9.17) is 16.1 Å². The van der Waals surface area contributed by atoms with E-state index in [1.807, 2.05) is 49.1 Å². The maximum Gasteiger partial charge on any atom is 0.229 e. The summed E-state index contributed by atoms with van der Waals surface area (Å²) < 4.78 is 5.51. The van der Waals surface area contributed by atoms with Gasteiger partial charge in [0, 0.05) is 46.7 Å². The van der Waals surface area contributed by atoms with Crippen molar-refractivity contribution in [3.63, 3.8) is 0 Å². The maximum absolute atomic E-state index is 13.1. The number of hydrogen-bond acceptors (Lipinski definition) is 4. The number of fused-ring (bicyclic) bond motifs is 2. The summed E-state index contributed by atoms with van der Waals surface area (Å²) in [4.78, 5) is 15.0. The third kappa shape index (κ3) is 3.27. The van der Waals surface area contributed by atoms with E-state index in [1.54, 1.807) is 0 Å². The fourth-order valence-electron chi connectivity index (χ4n) is 4.18. The van der Waals surface area contributed by atoms with Crippen LogP contribution in [0.4, 0.5) is 0 Å². The molecule has 1 amide bonds. The maximum atomic E-state index is 13.1. The van der Waals surface area contributed by atoms with Crippen molar-refractivity contribution in [1.29, 1.82) is 0 Å². The molecule has 3 heterocycles. The van der Waals surface area contributed by atoms with Crippen LogP contribution in [0.25, 0.3) is 22.2 Å². The van der Waals surface area contributed by atoms with Crippen molar-refractivity contribution >= 4 is 28.5 Å². The van der Waals surface area contributed by atoms with E-state index >= 15 is 0 Å². The van der Waals surface area contributed by atoms with Crippen molar-refractivity contribution in [3.05, 3.63) is 69.5 Å². The fourth-order valence-corrected chi connectivity index (χ4v) is 4.30. The summed E-state index contributed by atoms with van der Waals surface area (Å²) in [6.45, 7) is 5.21. The number of nitrogens with one attached hydrogen (secondary N) is 1. The van der Waals surface area contributed by atoms with Crippen LogP contribution >= 0.6 is 11.6 Å². The average molecular weight is 421 g/mol. The monoisotopic (exact) mass is 420 g/mol. The Balaban J connectivity index is 1.39. The molecule has 0 radical (unpaired) electrons. The van der Waals surface area contributed by atoms with Gasteiger partial charge in [0.25, 0.3) is 0 Å². The summed E-state index contributed by atoms with van der Waals surface area (Å²) in [5.41, 5.74) is 7.62. The number of carbonyl (C=O) groups is 1. The molecule has 0 spiro atoms. The summed E-state index contributed by atoms with van der Waals surface area (Å²) in [5.74, 6) is 0.0401. The standard InChI is InChI=1S/C23H21ClN4O2/c1-13-9-14(2)23-17(10-13)20(27-30-23)11-21(29)28-8-7-19-18(12-28)22(26-25-19)15-3-5-16(24)6-4-15/h3-6,9-10H,7-8,11-12H2,1-2H3,(H,25,26). The smallest absolute Gasteiger partial charge is 0.229 e. The molecule has 2 aromatic carbocycles. The molecule has 152 valence electrons. The predicted octanol–water partition coefficient (Wildman–Crippen LogP) is 4.62. The average Bonchev–Trinajstić information content (AvgIpc) is 3.33. The van der Waals surface area contributed by atoms with Gasteiger partial charge in [-0.2, -0.15) is 5.10 Å². The molecule has 0 bridgehead atoms. The predicted molar refractivity (Wildman–Crippen MR) is 115 cm³/mol. The second kappa shape index (κ2) is 7.29. The Labute approximate surface area is 178 Å². The van der Waals surface area contributed by atoms with Gasteiger partial charge < -0.3 is 9.42 Å². The zero-order valence-electron chi connectivity index (χ0n) is 16.8. The van der Waals surface area contributed by atoms with Gasteiger partial charge in [-0.05, 0) is 43.2 Å². The molecule has 4 aromatic rings. The summed E-state index contributed by atoms with van der Waals surface area (Å²) in [5, 5.41) is 13.4. The summed E-state index contributed by atoms with van der Waals surface area (Å²) in [6.07, 6.45) is 0.971. The number of aromatic amines is 1. The molecule has 2 aromatic heterocycles. The van der Waals surface area contributed by atoms with Crippen LogP contribution < -0.4 is 0 Å². The molecule has 0 aliphatic carbocycles. The molecular formula is C23H21ClN4O2. The van der Waals surface area contributed by atoms with E-state index in [9.17, 15) is 4.79 Å². The largest absolute Gasteiger partial charge is 0.356 e. The quantitative estimate of drug-likeness (QED) is 0.525. The van der Waals surface area contributed by atoms with E-state index in [2.05, 4.69) is 21.4 Å². The van der Waals surface area contributed by atoms with Gasteiger partial charge >= 0.3 is 0 Å². The number of aromatic nitrogens is 3. The molecule has 0 unspecified atom stereocenters. The molecule has 7 heteroatoms.